The number of anilines is 1. The highest BCUT2D eigenvalue weighted by atomic mass is 35.5. The molecule has 4 nitrogen and oxygen atoms in total. The Balaban J connectivity index is 0.00000324. The van der Waals surface area contributed by atoms with E-state index < -0.39 is 0 Å². The van der Waals surface area contributed by atoms with E-state index in [2.05, 4.69) is 5.32 Å². The summed E-state index contributed by atoms with van der Waals surface area (Å²) < 4.78 is 5.55. The van der Waals surface area contributed by atoms with Crippen molar-refractivity contribution in [2.24, 2.45) is 11.7 Å². The molecule has 108 valence electrons. The van der Waals surface area contributed by atoms with Gasteiger partial charge in [0.1, 0.15) is 5.75 Å². The van der Waals surface area contributed by atoms with Crippen molar-refractivity contribution in [3.05, 3.63) is 23.2 Å². The second-order valence-corrected chi connectivity index (χ2v) is 4.55. The molecule has 1 rings (SSSR count). The third-order valence-corrected chi connectivity index (χ3v) is 2.70. The van der Waals surface area contributed by atoms with Gasteiger partial charge in [-0.2, -0.15) is 0 Å². The van der Waals surface area contributed by atoms with E-state index in [-0.39, 0.29) is 24.2 Å². The van der Waals surface area contributed by atoms with Crippen molar-refractivity contribution in [1.29, 1.82) is 0 Å². The van der Waals surface area contributed by atoms with Crippen molar-refractivity contribution in [3.8, 4) is 5.75 Å². The number of nitrogens with two attached hydrogens (primary N) is 1. The molecule has 0 aliphatic rings. The molecule has 0 heterocycles. The Kier molecular flexibility index (Phi) is 8.56. The first-order chi connectivity index (χ1) is 8.58. The molecule has 19 heavy (non-hydrogen) atoms. The van der Waals surface area contributed by atoms with Gasteiger partial charge in [-0.25, -0.2) is 0 Å². The van der Waals surface area contributed by atoms with Gasteiger partial charge in [-0.1, -0.05) is 25.4 Å². The van der Waals surface area contributed by atoms with Gasteiger partial charge in [0.25, 0.3) is 0 Å². The number of carbonyl (C=O) groups is 1. The SMILES string of the molecule is CCCOc1ccc(Cl)cc1NC(=O)C(C)CN.Cl. The Labute approximate surface area is 125 Å². The van der Waals surface area contributed by atoms with Gasteiger partial charge in [0.15, 0.2) is 0 Å². The molecule has 0 spiro atoms. The molecular weight excluding hydrogens is 287 g/mol. The predicted molar refractivity (Wildman–Crippen MR) is 81.3 cm³/mol. The van der Waals surface area contributed by atoms with E-state index in [1.165, 1.54) is 0 Å². The van der Waals surface area contributed by atoms with Crippen LogP contribution >= 0.6 is 24.0 Å². The van der Waals surface area contributed by atoms with Crippen LogP contribution in [0, 0.1) is 5.92 Å². The fourth-order valence-electron chi connectivity index (χ4n) is 1.30. The number of rotatable bonds is 6. The van der Waals surface area contributed by atoms with Crippen LogP contribution in [0.5, 0.6) is 5.75 Å². The van der Waals surface area contributed by atoms with Gasteiger partial charge in [-0.15, -0.1) is 12.4 Å². The molecular formula is C13H20Cl2N2O2. The minimum absolute atomic E-state index is 0. The van der Waals surface area contributed by atoms with E-state index in [1.54, 1.807) is 25.1 Å². The van der Waals surface area contributed by atoms with E-state index in [0.717, 1.165) is 6.42 Å². The monoisotopic (exact) mass is 306 g/mol. The third kappa shape index (κ3) is 5.68. The van der Waals surface area contributed by atoms with E-state index >= 15 is 0 Å². The molecule has 1 unspecified atom stereocenters. The Morgan fingerprint density at radius 1 is 1.53 bits per heavy atom. The number of nitrogens with one attached hydrogen (secondary N) is 1. The zero-order valence-corrected chi connectivity index (χ0v) is 12.7. The summed E-state index contributed by atoms with van der Waals surface area (Å²) in [5.41, 5.74) is 6.04. The standard InChI is InChI=1S/C13H19ClN2O2.ClH/c1-3-6-18-12-5-4-10(14)7-11(12)16-13(17)9(2)8-15;/h4-5,7,9H,3,6,8,15H2,1-2H3,(H,16,17);1H. The number of hydrogen-bond donors (Lipinski definition) is 2. The van der Waals surface area contributed by atoms with Gasteiger partial charge in [-0.05, 0) is 24.6 Å². The van der Waals surface area contributed by atoms with Crippen LogP contribution in [0.2, 0.25) is 5.02 Å². The number of amides is 1. The first kappa shape index (κ1) is 18.0. The number of ether oxygens (including phenoxy) is 1. The molecule has 1 atom stereocenters. The van der Waals surface area contributed by atoms with Crippen LogP contribution in [0.15, 0.2) is 18.2 Å². The fraction of sp³-hybridized carbons (Fsp3) is 0.462. The van der Waals surface area contributed by atoms with E-state index in [0.29, 0.717) is 29.6 Å². The quantitative estimate of drug-likeness (QED) is 0.849. The van der Waals surface area contributed by atoms with Crippen LogP contribution in [-0.4, -0.2) is 19.1 Å². The van der Waals surface area contributed by atoms with Crippen molar-refractivity contribution in [1.82, 2.24) is 0 Å². The molecule has 0 radical (unpaired) electrons. The summed E-state index contributed by atoms with van der Waals surface area (Å²) in [6, 6.07) is 5.16. The normalized spacial score (nSPS) is 11.4. The van der Waals surface area contributed by atoms with Crippen molar-refractivity contribution in [3.63, 3.8) is 0 Å². The topological polar surface area (TPSA) is 64.3 Å². The molecule has 0 bridgehead atoms. The van der Waals surface area contributed by atoms with Crippen LogP contribution in [0.3, 0.4) is 0 Å². The smallest absolute Gasteiger partial charge is 0.228 e. The average molecular weight is 307 g/mol. The highest BCUT2D eigenvalue weighted by Gasteiger charge is 2.13. The van der Waals surface area contributed by atoms with Crippen LogP contribution in [0.25, 0.3) is 0 Å². The van der Waals surface area contributed by atoms with Crippen molar-refractivity contribution >= 4 is 35.6 Å². The zero-order chi connectivity index (χ0) is 13.5. The van der Waals surface area contributed by atoms with Crippen molar-refractivity contribution in [2.75, 3.05) is 18.5 Å². The van der Waals surface area contributed by atoms with E-state index in [1.807, 2.05) is 6.92 Å². The summed E-state index contributed by atoms with van der Waals surface area (Å²) in [7, 11) is 0. The lowest BCUT2D eigenvalue weighted by atomic mass is 10.1. The Morgan fingerprint density at radius 2 is 2.21 bits per heavy atom. The van der Waals surface area contributed by atoms with Crippen molar-refractivity contribution in [2.45, 2.75) is 20.3 Å². The molecule has 0 aliphatic heterocycles. The molecule has 0 fully saturated rings. The minimum atomic E-state index is -0.247. The molecule has 0 aliphatic carbocycles. The number of carbonyl (C=O) groups excluding carboxylic acids is 1. The lowest BCUT2D eigenvalue weighted by Gasteiger charge is -2.14. The molecule has 1 aromatic rings. The van der Waals surface area contributed by atoms with Gasteiger partial charge >= 0.3 is 0 Å². The third-order valence-electron chi connectivity index (χ3n) is 2.46. The highest BCUT2D eigenvalue weighted by molar-refractivity contribution is 6.31. The molecule has 1 amide bonds. The maximum absolute atomic E-state index is 11.8. The molecule has 3 N–H and O–H groups in total. The van der Waals surface area contributed by atoms with Gasteiger partial charge in [0.2, 0.25) is 5.91 Å². The van der Waals surface area contributed by atoms with Gasteiger partial charge in [0.05, 0.1) is 12.3 Å². The fourth-order valence-corrected chi connectivity index (χ4v) is 1.47. The average Bonchev–Trinajstić information content (AvgIpc) is 2.36. The lowest BCUT2D eigenvalue weighted by Crippen LogP contribution is -2.26. The summed E-state index contributed by atoms with van der Waals surface area (Å²) in [6.45, 7) is 4.69. The minimum Gasteiger partial charge on any atom is -0.491 e. The summed E-state index contributed by atoms with van der Waals surface area (Å²) in [4.78, 5) is 11.8. The first-order valence-corrected chi connectivity index (χ1v) is 6.39. The number of halogens is 2. The first-order valence-electron chi connectivity index (χ1n) is 6.01. The molecule has 1 aromatic carbocycles. The van der Waals surface area contributed by atoms with Crippen molar-refractivity contribution < 1.29 is 9.53 Å². The van der Waals surface area contributed by atoms with Crippen LogP contribution in [-0.2, 0) is 4.79 Å². The zero-order valence-electron chi connectivity index (χ0n) is 11.1. The summed E-state index contributed by atoms with van der Waals surface area (Å²) >= 11 is 5.92. The molecule has 0 aromatic heterocycles. The molecule has 6 heteroatoms. The maximum atomic E-state index is 11.8. The van der Waals surface area contributed by atoms with Crippen LogP contribution in [0.4, 0.5) is 5.69 Å². The van der Waals surface area contributed by atoms with Crippen LogP contribution < -0.4 is 15.8 Å². The Morgan fingerprint density at radius 3 is 2.79 bits per heavy atom. The Bertz CT molecular complexity index is 414. The summed E-state index contributed by atoms with van der Waals surface area (Å²) in [6.07, 6.45) is 0.898. The van der Waals surface area contributed by atoms with Gasteiger partial charge < -0.3 is 15.8 Å². The van der Waals surface area contributed by atoms with Gasteiger partial charge in [0, 0.05) is 17.5 Å². The van der Waals surface area contributed by atoms with E-state index in [9.17, 15) is 4.79 Å². The second kappa shape index (κ2) is 9.02. The highest BCUT2D eigenvalue weighted by Crippen LogP contribution is 2.28. The maximum Gasteiger partial charge on any atom is 0.228 e. The predicted octanol–water partition coefficient (Wildman–Crippen LogP) is 3.08. The van der Waals surface area contributed by atoms with E-state index in [4.69, 9.17) is 22.1 Å². The number of hydrogen-bond acceptors (Lipinski definition) is 3. The van der Waals surface area contributed by atoms with Gasteiger partial charge in [-0.3, -0.25) is 4.79 Å². The number of benzene rings is 1. The lowest BCUT2D eigenvalue weighted by molar-refractivity contribution is -0.119. The molecule has 0 saturated carbocycles. The molecule has 0 saturated heterocycles. The summed E-state index contributed by atoms with van der Waals surface area (Å²) in [5, 5.41) is 3.33. The summed E-state index contributed by atoms with van der Waals surface area (Å²) in [5.74, 6) is 0.239. The largest absolute Gasteiger partial charge is 0.491 e. The Hall–Kier alpha value is -0.970. The second-order valence-electron chi connectivity index (χ2n) is 4.11. The van der Waals surface area contributed by atoms with Crippen LogP contribution in [0.1, 0.15) is 20.3 Å².